The molecule has 0 saturated carbocycles. The SMILES string of the molecule is CCCCCN(C(=O)C(CCSC)NC(=O)OC(C)(C)C)C(C(=O)Nc1ccc2ccccc2c1)c1ccccc1C. The van der Waals surface area contributed by atoms with Crippen molar-refractivity contribution in [1.29, 1.82) is 0 Å². The molecule has 3 aromatic rings. The number of unbranched alkanes of at least 4 members (excludes halogenated alkanes) is 2. The highest BCUT2D eigenvalue weighted by Crippen LogP contribution is 2.29. The van der Waals surface area contributed by atoms with E-state index in [1.807, 2.05) is 79.9 Å². The first-order chi connectivity index (χ1) is 20.0. The Morgan fingerprint density at radius 2 is 1.64 bits per heavy atom. The molecule has 0 bridgehead atoms. The van der Waals surface area contributed by atoms with Crippen LogP contribution in [0, 0.1) is 6.92 Å². The van der Waals surface area contributed by atoms with Crippen molar-refractivity contribution in [2.75, 3.05) is 23.9 Å². The molecule has 8 heteroatoms. The van der Waals surface area contributed by atoms with Gasteiger partial charge in [0, 0.05) is 12.2 Å². The van der Waals surface area contributed by atoms with Gasteiger partial charge in [0.05, 0.1) is 0 Å². The predicted molar refractivity (Wildman–Crippen MR) is 174 cm³/mol. The lowest BCUT2D eigenvalue weighted by molar-refractivity contribution is -0.141. The number of ether oxygens (including phenoxy) is 1. The van der Waals surface area contributed by atoms with Crippen molar-refractivity contribution < 1.29 is 19.1 Å². The van der Waals surface area contributed by atoms with Gasteiger partial charge in [0.15, 0.2) is 0 Å². The maximum Gasteiger partial charge on any atom is 0.408 e. The number of aryl methyl sites for hydroxylation is 1. The van der Waals surface area contributed by atoms with E-state index in [-0.39, 0.29) is 11.8 Å². The molecule has 42 heavy (non-hydrogen) atoms. The van der Waals surface area contributed by atoms with Crippen molar-refractivity contribution in [3.63, 3.8) is 0 Å². The number of alkyl carbamates (subject to hydrolysis) is 1. The number of benzene rings is 3. The first kappa shape index (κ1) is 33.0. The van der Waals surface area contributed by atoms with Crippen LogP contribution in [0.3, 0.4) is 0 Å². The van der Waals surface area contributed by atoms with Gasteiger partial charge in [-0.1, -0.05) is 74.4 Å². The van der Waals surface area contributed by atoms with Gasteiger partial charge in [-0.2, -0.15) is 11.8 Å². The molecule has 2 unspecified atom stereocenters. The van der Waals surface area contributed by atoms with Crippen molar-refractivity contribution in [2.24, 2.45) is 0 Å². The van der Waals surface area contributed by atoms with Gasteiger partial charge in [-0.05, 0) is 86.6 Å². The molecule has 2 N–H and O–H groups in total. The van der Waals surface area contributed by atoms with Crippen LogP contribution in [0.1, 0.15) is 70.5 Å². The molecule has 226 valence electrons. The van der Waals surface area contributed by atoms with E-state index < -0.39 is 23.8 Å². The van der Waals surface area contributed by atoms with E-state index in [0.29, 0.717) is 24.4 Å². The number of carbonyl (C=O) groups excluding carboxylic acids is 3. The van der Waals surface area contributed by atoms with Crippen molar-refractivity contribution >= 4 is 46.1 Å². The molecule has 3 amide bonds. The van der Waals surface area contributed by atoms with Gasteiger partial charge >= 0.3 is 6.09 Å². The zero-order valence-corrected chi connectivity index (χ0v) is 26.6. The summed E-state index contributed by atoms with van der Waals surface area (Å²) in [6, 6.07) is 19.7. The quantitative estimate of drug-likeness (QED) is 0.201. The van der Waals surface area contributed by atoms with Crippen molar-refractivity contribution in [3.05, 3.63) is 77.9 Å². The minimum atomic E-state index is -0.890. The predicted octanol–water partition coefficient (Wildman–Crippen LogP) is 7.49. The molecule has 0 saturated heterocycles. The second kappa shape index (κ2) is 15.6. The minimum absolute atomic E-state index is 0.298. The fourth-order valence-corrected chi connectivity index (χ4v) is 5.34. The molecule has 0 aliphatic rings. The lowest BCUT2D eigenvalue weighted by Gasteiger charge is -2.35. The van der Waals surface area contributed by atoms with Crippen LogP contribution in [0.2, 0.25) is 0 Å². The fourth-order valence-electron chi connectivity index (χ4n) is 4.86. The van der Waals surface area contributed by atoms with Crippen molar-refractivity contribution in [1.82, 2.24) is 10.2 Å². The van der Waals surface area contributed by atoms with Gasteiger partial charge < -0.3 is 20.3 Å². The number of rotatable bonds is 13. The first-order valence-electron chi connectivity index (χ1n) is 14.7. The Labute approximate surface area is 254 Å². The molecule has 0 spiro atoms. The number of thioether (sulfide) groups is 1. The summed E-state index contributed by atoms with van der Waals surface area (Å²) in [6.45, 7) is 9.78. The Morgan fingerprint density at radius 3 is 2.31 bits per heavy atom. The number of amides is 3. The molecule has 7 nitrogen and oxygen atoms in total. The average Bonchev–Trinajstić information content (AvgIpc) is 2.94. The summed E-state index contributed by atoms with van der Waals surface area (Å²) >= 11 is 1.59. The number of hydrogen-bond donors (Lipinski definition) is 2. The van der Waals surface area contributed by atoms with Crippen LogP contribution in [-0.4, -0.2) is 53.0 Å². The Hall–Kier alpha value is -3.52. The maximum absolute atomic E-state index is 14.4. The van der Waals surface area contributed by atoms with Gasteiger partial charge in [0.1, 0.15) is 17.7 Å². The topological polar surface area (TPSA) is 87.7 Å². The highest BCUT2D eigenvalue weighted by molar-refractivity contribution is 7.98. The smallest absolute Gasteiger partial charge is 0.408 e. The Bertz CT molecular complexity index is 1350. The standard InChI is InChI=1S/C34H45N3O4S/c1-7-8-13-21-37(32(39)29(20-22-42-6)36-33(40)41-34(3,4)5)30(28-17-12-9-14-24(28)2)31(38)35-27-19-18-25-15-10-11-16-26(25)23-27/h9-12,14-19,23,29-30H,7-8,13,20-22H2,1-6H3,(H,35,38)(H,36,40). The van der Waals surface area contributed by atoms with E-state index in [2.05, 4.69) is 17.6 Å². The van der Waals surface area contributed by atoms with Crippen LogP contribution < -0.4 is 10.6 Å². The Balaban J connectivity index is 2.02. The molecular weight excluding hydrogens is 546 g/mol. The lowest BCUT2D eigenvalue weighted by atomic mass is 9.97. The number of anilines is 1. The summed E-state index contributed by atoms with van der Waals surface area (Å²) in [4.78, 5) is 43.0. The van der Waals surface area contributed by atoms with Crippen LogP contribution in [0.25, 0.3) is 10.8 Å². The number of nitrogens with one attached hydrogen (secondary N) is 2. The average molecular weight is 592 g/mol. The van der Waals surface area contributed by atoms with Gasteiger partial charge in [-0.15, -0.1) is 0 Å². The highest BCUT2D eigenvalue weighted by atomic mass is 32.2. The van der Waals surface area contributed by atoms with E-state index in [1.165, 1.54) is 0 Å². The summed E-state index contributed by atoms with van der Waals surface area (Å²) in [6.07, 6.45) is 4.33. The van der Waals surface area contributed by atoms with Crippen LogP contribution in [0.4, 0.5) is 10.5 Å². The number of carbonyl (C=O) groups is 3. The van der Waals surface area contributed by atoms with Crippen LogP contribution >= 0.6 is 11.8 Å². The zero-order chi connectivity index (χ0) is 30.7. The third-order valence-electron chi connectivity index (χ3n) is 6.95. The lowest BCUT2D eigenvalue weighted by Crippen LogP contribution is -2.53. The second-order valence-electron chi connectivity index (χ2n) is 11.5. The summed E-state index contributed by atoms with van der Waals surface area (Å²) in [7, 11) is 0. The molecule has 0 radical (unpaired) electrons. The zero-order valence-electron chi connectivity index (χ0n) is 25.7. The summed E-state index contributed by atoms with van der Waals surface area (Å²) < 4.78 is 5.50. The number of nitrogens with zero attached hydrogens (tertiary/aromatic N) is 1. The summed E-state index contributed by atoms with van der Waals surface area (Å²) in [5, 5.41) is 7.99. The molecule has 3 aromatic carbocycles. The van der Waals surface area contributed by atoms with Gasteiger partial charge in [-0.25, -0.2) is 4.79 Å². The van der Waals surface area contributed by atoms with Gasteiger partial charge in [0.2, 0.25) is 5.91 Å². The van der Waals surface area contributed by atoms with E-state index in [0.717, 1.165) is 41.2 Å². The molecular formula is C34H45N3O4S. The molecule has 0 aromatic heterocycles. The van der Waals surface area contributed by atoms with Gasteiger partial charge in [-0.3, -0.25) is 9.59 Å². The first-order valence-corrected chi connectivity index (χ1v) is 16.1. The van der Waals surface area contributed by atoms with Crippen LogP contribution in [0.15, 0.2) is 66.7 Å². The molecule has 0 aliphatic carbocycles. The molecule has 0 heterocycles. The van der Waals surface area contributed by atoms with Crippen molar-refractivity contribution in [3.8, 4) is 0 Å². The number of fused-ring (bicyclic) bond motifs is 1. The van der Waals surface area contributed by atoms with E-state index in [4.69, 9.17) is 4.74 Å². The molecule has 3 rings (SSSR count). The van der Waals surface area contributed by atoms with Crippen molar-refractivity contribution in [2.45, 2.75) is 78.0 Å². The van der Waals surface area contributed by atoms with E-state index in [9.17, 15) is 14.4 Å². The summed E-state index contributed by atoms with van der Waals surface area (Å²) in [5.41, 5.74) is 1.61. The fraction of sp³-hybridized carbons (Fsp3) is 0.441. The third kappa shape index (κ3) is 9.51. The molecule has 0 fully saturated rings. The van der Waals surface area contributed by atoms with E-state index in [1.54, 1.807) is 37.4 Å². The monoisotopic (exact) mass is 591 g/mol. The maximum atomic E-state index is 14.4. The normalized spacial score (nSPS) is 12.8. The minimum Gasteiger partial charge on any atom is -0.444 e. The highest BCUT2D eigenvalue weighted by Gasteiger charge is 2.36. The number of hydrogen-bond acceptors (Lipinski definition) is 5. The third-order valence-corrected chi connectivity index (χ3v) is 7.59. The Morgan fingerprint density at radius 1 is 0.952 bits per heavy atom. The van der Waals surface area contributed by atoms with Gasteiger partial charge in [0.25, 0.3) is 5.91 Å². The largest absolute Gasteiger partial charge is 0.444 e. The van der Waals surface area contributed by atoms with E-state index >= 15 is 0 Å². The second-order valence-corrected chi connectivity index (χ2v) is 12.5. The van der Waals surface area contributed by atoms with Crippen LogP contribution in [0.5, 0.6) is 0 Å². The van der Waals surface area contributed by atoms with Crippen LogP contribution in [-0.2, 0) is 14.3 Å². The Kier molecular flexibility index (Phi) is 12.3. The molecule has 2 atom stereocenters. The molecule has 0 aliphatic heterocycles. The summed E-state index contributed by atoms with van der Waals surface area (Å²) in [5.74, 6) is 0.0612.